The summed E-state index contributed by atoms with van der Waals surface area (Å²) in [5, 5.41) is 9.49. The van der Waals surface area contributed by atoms with E-state index in [1.54, 1.807) is 0 Å². The van der Waals surface area contributed by atoms with Gasteiger partial charge in [-0.2, -0.15) is 0 Å². The van der Waals surface area contributed by atoms with Gasteiger partial charge in [0.25, 0.3) is 0 Å². The molecule has 0 aromatic heterocycles. The summed E-state index contributed by atoms with van der Waals surface area (Å²) in [4.78, 5) is 0. The van der Waals surface area contributed by atoms with Gasteiger partial charge in [0.15, 0.2) is 6.29 Å². The average molecular weight is 210 g/mol. The van der Waals surface area contributed by atoms with E-state index < -0.39 is 6.29 Å². The first-order valence-electron chi connectivity index (χ1n) is 5.61. The van der Waals surface area contributed by atoms with Crippen molar-refractivity contribution in [3.63, 3.8) is 0 Å². The highest BCUT2D eigenvalue weighted by Crippen LogP contribution is 2.35. The van der Waals surface area contributed by atoms with E-state index in [4.69, 9.17) is 4.74 Å². The average Bonchev–Trinajstić information content (AvgIpc) is 2.11. The van der Waals surface area contributed by atoms with Gasteiger partial charge in [0.1, 0.15) is 0 Å². The molecule has 0 amide bonds. The molecule has 15 heavy (non-hydrogen) atoms. The van der Waals surface area contributed by atoms with Crippen molar-refractivity contribution in [1.29, 1.82) is 0 Å². The van der Waals surface area contributed by atoms with Crippen molar-refractivity contribution in [2.75, 3.05) is 0 Å². The second-order valence-electron chi connectivity index (χ2n) is 4.77. The minimum atomic E-state index is -0.618. The Labute approximate surface area is 92.6 Å². The number of ether oxygens (including phenoxy) is 1. The van der Waals surface area contributed by atoms with Gasteiger partial charge in [-0.1, -0.05) is 18.2 Å². The first kappa shape index (κ1) is 12.5. The van der Waals surface area contributed by atoms with Crippen LogP contribution in [0, 0.1) is 0 Å². The van der Waals surface area contributed by atoms with Crippen LogP contribution in [-0.4, -0.2) is 17.0 Å². The third-order valence-electron chi connectivity index (χ3n) is 3.01. The predicted octanol–water partition coefficient (Wildman–Crippen LogP) is 3.18. The third-order valence-corrected chi connectivity index (χ3v) is 3.01. The Kier molecular flexibility index (Phi) is 4.12. The van der Waals surface area contributed by atoms with Crippen LogP contribution in [0.3, 0.4) is 0 Å². The first-order chi connectivity index (χ1) is 6.94. The molecule has 2 unspecified atom stereocenters. The molecule has 1 rings (SSSR count). The van der Waals surface area contributed by atoms with Crippen molar-refractivity contribution in [1.82, 2.24) is 0 Å². The summed E-state index contributed by atoms with van der Waals surface area (Å²) in [5.41, 5.74) is 2.08. The summed E-state index contributed by atoms with van der Waals surface area (Å²) in [6, 6.07) is 0. The molecule has 1 heterocycles. The normalized spacial score (nSPS) is 31.5. The number of aliphatic hydroxyl groups excluding tert-OH is 1. The van der Waals surface area contributed by atoms with Gasteiger partial charge in [0, 0.05) is 6.42 Å². The van der Waals surface area contributed by atoms with Crippen LogP contribution >= 0.6 is 0 Å². The summed E-state index contributed by atoms with van der Waals surface area (Å²) in [6.45, 7) is 10.2. The lowest BCUT2D eigenvalue weighted by molar-refractivity contribution is -0.185. The van der Waals surface area contributed by atoms with Gasteiger partial charge in [0.05, 0.1) is 5.60 Å². The van der Waals surface area contributed by atoms with Crippen LogP contribution in [0.1, 0.15) is 46.5 Å². The van der Waals surface area contributed by atoms with E-state index in [1.165, 1.54) is 5.57 Å². The van der Waals surface area contributed by atoms with Crippen LogP contribution in [0.25, 0.3) is 0 Å². The highest BCUT2D eigenvalue weighted by atomic mass is 16.6. The summed E-state index contributed by atoms with van der Waals surface area (Å²) in [6.07, 6.45) is 5.00. The highest BCUT2D eigenvalue weighted by molar-refractivity contribution is 5.14. The lowest BCUT2D eigenvalue weighted by Gasteiger charge is -2.38. The lowest BCUT2D eigenvalue weighted by atomic mass is 9.86. The van der Waals surface area contributed by atoms with Crippen LogP contribution in [0.15, 0.2) is 23.8 Å². The monoisotopic (exact) mass is 210 g/mol. The van der Waals surface area contributed by atoms with Crippen molar-refractivity contribution >= 4 is 0 Å². The first-order valence-corrected chi connectivity index (χ1v) is 5.61. The van der Waals surface area contributed by atoms with Gasteiger partial charge in [-0.3, -0.25) is 0 Å². The molecule has 0 radical (unpaired) electrons. The maximum absolute atomic E-state index is 9.49. The highest BCUT2D eigenvalue weighted by Gasteiger charge is 2.34. The summed E-state index contributed by atoms with van der Waals surface area (Å²) < 4.78 is 5.59. The Morgan fingerprint density at radius 3 is 2.93 bits per heavy atom. The van der Waals surface area contributed by atoms with E-state index in [0.717, 1.165) is 24.8 Å². The van der Waals surface area contributed by atoms with E-state index in [-0.39, 0.29) is 5.60 Å². The Morgan fingerprint density at radius 2 is 2.33 bits per heavy atom. The molecular formula is C13H22O2. The fraction of sp³-hybridized carbons (Fsp3) is 0.692. The summed E-state index contributed by atoms with van der Waals surface area (Å²) in [7, 11) is 0. The van der Waals surface area contributed by atoms with Crippen LogP contribution in [0.2, 0.25) is 0 Å². The van der Waals surface area contributed by atoms with E-state index in [0.29, 0.717) is 6.42 Å². The van der Waals surface area contributed by atoms with E-state index >= 15 is 0 Å². The molecule has 1 aliphatic rings. The number of rotatable bonds is 3. The molecule has 2 atom stereocenters. The van der Waals surface area contributed by atoms with E-state index in [2.05, 4.69) is 26.5 Å². The number of aliphatic hydroxyl groups is 1. The van der Waals surface area contributed by atoms with Gasteiger partial charge < -0.3 is 9.84 Å². The molecule has 2 heteroatoms. The van der Waals surface area contributed by atoms with E-state index in [9.17, 15) is 5.11 Å². The summed E-state index contributed by atoms with van der Waals surface area (Å²) in [5.74, 6) is 0. The van der Waals surface area contributed by atoms with Gasteiger partial charge in [-0.15, -0.1) is 0 Å². The fourth-order valence-electron chi connectivity index (χ4n) is 1.88. The van der Waals surface area contributed by atoms with Gasteiger partial charge in [-0.05, 0) is 45.6 Å². The fourth-order valence-corrected chi connectivity index (χ4v) is 1.88. The zero-order chi connectivity index (χ0) is 11.5. The lowest BCUT2D eigenvalue weighted by Crippen LogP contribution is -2.39. The van der Waals surface area contributed by atoms with Crippen molar-refractivity contribution in [2.24, 2.45) is 0 Å². The van der Waals surface area contributed by atoms with Crippen LogP contribution < -0.4 is 0 Å². The number of allylic oxidation sites excluding steroid dienone is 2. The molecule has 1 fully saturated rings. The molecule has 1 aliphatic heterocycles. The molecule has 1 N–H and O–H groups in total. The molecule has 0 saturated carbocycles. The largest absolute Gasteiger partial charge is 0.368 e. The van der Waals surface area contributed by atoms with Crippen LogP contribution in [0.4, 0.5) is 0 Å². The quantitative estimate of drug-likeness (QED) is 0.725. The van der Waals surface area contributed by atoms with Gasteiger partial charge >= 0.3 is 0 Å². The molecule has 0 spiro atoms. The molecule has 0 bridgehead atoms. The van der Waals surface area contributed by atoms with Crippen molar-refractivity contribution in [3.05, 3.63) is 23.8 Å². The molecule has 0 aliphatic carbocycles. The molecule has 86 valence electrons. The Hall–Kier alpha value is -0.600. The second-order valence-corrected chi connectivity index (χ2v) is 4.77. The van der Waals surface area contributed by atoms with Crippen molar-refractivity contribution < 1.29 is 9.84 Å². The molecule has 1 saturated heterocycles. The Balaban J connectivity index is 2.55. The van der Waals surface area contributed by atoms with E-state index in [1.807, 2.05) is 6.92 Å². The standard InChI is InChI=1S/C13H22O2/c1-10(2)6-5-9-13(4)11(3)7-8-12(14)15-13/h6,12,14H,3,5,7-9H2,1-2,4H3. The van der Waals surface area contributed by atoms with Crippen molar-refractivity contribution in [3.8, 4) is 0 Å². The van der Waals surface area contributed by atoms with Crippen LogP contribution in [-0.2, 0) is 4.74 Å². The minimum Gasteiger partial charge on any atom is -0.368 e. The van der Waals surface area contributed by atoms with Crippen LogP contribution in [0.5, 0.6) is 0 Å². The predicted molar refractivity (Wildman–Crippen MR) is 62.5 cm³/mol. The zero-order valence-electron chi connectivity index (χ0n) is 10.0. The Bertz CT molecular complexity index is 264. The third kappa shape index (κ3) is 3.47. The summed E-state index contributed by atoms with van der Waals surface area (Å²) >= 11 is 0. The molecular weight excluding hydrogens is 188 g/mol. The number of hydrogen-bond acceptors (Lipinski definition) is 2. The number of hydrogen-bond donors (Lipinski definition) is 1. The second kappa shape index (κ2) is 4.95. The maximum Gasteiger partial charge on any atom is 0.156 e. The molecule has 0 aromatic carbocycles. The maximum atomic E-state index is 9.49. The molecule has 0 aromatic rings. The smallest absolute Gasteiger partial charge is 0.156 e. The van der Waals surface area contributed by atoms with Crippen molar-refractivity contribution in [2.45, 2.75) is 58.3 Å². The molecule has 2 nitrogen and oxygen atoms in total. The Morgan fingerprint density at radius 1 is 1.67 bits per heavy atom. The SMILES string of the molecule is C=C1CCC(O)OC1(C)CCC=C(C)C. The zero-order valence-corrected chi connectivity index (χ0v) is 10.0. The topological polar surface area (TPSA) is 29.5 Å². The van der Waals surface area contributed by atoms with Gasteiger partial charge in [0.2, 0.25) is 0 Å². The minimum absolute atomic E-state index is 0.344. The van der Waals surface area contributed by atoms with Gasteiger partial charge in [-0.25, -0.2) is 0 Å².